The molecule has 1 aliphatic heterocycles. The van der Waals surface area contributed by atoms with E-state index in [1.165, 1.54) is 18.4 Å². The second-order valence-corrected chi connectivity index (χ2v) is 6.54. The van der Waals surface area contributed by atoms with Crippen molar-refractivity contribution in [3.05, 3.63) is 34.3 Å². The van der Waals surface area contributed by atoms with Crippen LogP contribution in [-0.2, 0) is 5.54 Å². The van der Waals surface area contributed by atoms with Crippen molar-refractivity contribution in [1.82, 2.24) is 4.90 Å². The number of rotatable bonds is 4. The van der Waals surface area contributed by atoms with E-state index in [1.807, 2.05) is 0 Å². The van der Waals surface area contributed by atoms with Crippen LogP contribution in [0, 0.1) is 5.92 Å². The Morgan fingerprint density at radius 3 is 2.63 bits per heavy atom. The summed E-state index contributed by atoms with van der Waals surface area (Å²) in [5.41, 5.74) is 7.43. The van der Waals surface area contributed by atoms with Crippen LogP contribution >= 0.6 is 15.9 Å². The highest BCUT2D eigenvalue weighted by Gasteiger charge is 2.44. The average molecular weight is 322 g/mol. The van der Waals surface area contributed by atoms with Crippen molar-refractivity contribution in [3.63, 3.8) is 0 Å². The zero-order chi connectivity index (χ0) is 13.5. The van der Waals surface area contributed by atoms with Gasteiger partial charge in [0.25, 0.3) is 0 Å². The van der Waals surface area contributed by atoms with Crippen LogP contribution in [0.3, 0.4) is 0 Å². The molecule has 1 aromatic rings. The Morgan fingerprint density at radius 1 is 1.37 bits per heavy atom. The largest absolute Gasteiger partial charge is 0.370 e. The van der Waals surface area contributed by atoms with E-state index in [0.29, 0.717) is 0 Å². The summed E-state index contributed by atoms with van der Waals surface area (Å²) in [4.78, 5) is 6.87. The number of nitrogens with zero attached hydrogens (tertiary/aromatic N) is 2. The van der Waals surface area contributed by atoms with Crippen LogP contribution in [-0.4, -0.2) is 23.9 Å². The van der Waals surface area contributed by atoms with E-state index >= 15 is 0 Å². The molecule has 3 rings (SSSR count). The third-order valence-electron chi connectivity index (χ3n) is 4.40. The number of guanidine groups is 1. The van der Waals surface area contributed by atoms with Gasteiger partial charge in [-0.05, 0) is 42.9 Å². The van der Waals surface area contributed by atoms with Crippen LogP contribution in [0.5, 0.6) is 0 Å². The molecule has 0 bridgehead atoms. The highest BCUT2D eigenvalue weighted by atomic mass is 79.9. The van der Waals surface area contributed by atoms with Crippen molar-refractivity contribution in [2.75, 3.05) is 13.1 Å². The third kappa shape index (κ3) is 2.27. The average Bonchev–Trinajstić information content (AvgIpc) is 3.18. The third-order valence-corrected chi connectivity index (χ3v) is 4.93. The molecule has 1 saturated carbocycles. The number of hydrogen-bond donors (Lipinski definition) is 1. The first-order valence-electron chi connectivity index (χ1n) is 6.99. The van der Waals surface area contributed by atoms with Gasteiger partial charge in [0.1, 0.15) is 0 Å². The van der Waals surface area contributed by atoms with Crippen molar-refractivity contribution in [2.45, 2.75) is 31.7 Å². The molecule has 1 fully saturated rings. The predicted octanol–water partition coefficient (Wildman–Crippen LogP) is 3.09. The van der Waals surface area contributed by atoms with Crippen LogP contribution in [0.1, 0.15) is 31.7 Å². The lowest BCUT2D eigenvalue weighted by atomic mass is 9.86. The summed E-state index contributed by atoms with van der Waals surface area (Å²) in [5.74, 6) is 1.53. The van der Waals surface area contributed by atoms with E-state index in [-0.39, 0.29) is 5.54 Å². The lowest BCUT2D eigenvalue weighted by Gasteiger charge is -2.39. The number of benzene rings is 1. The van der Waals surface area contributed by atoms with E-state index in [2.05, 4.69) is 57.0 Å². The fourth-order valence-corrected chi connectivity index (χ4v) is 3.21. The normalized spacial score (nSPS) is 26.6. The highest BCUT2D eigenvalue weighted by molar-refractivity contribution is 9.10. The molecule has 3 nitrogen and oxygen atoms in total. The van der Waals surface area contributed by atoms with E-state index in [0.717, 1.165) is 35.9 Å². The highest BCUT2D eigenvalue weighted by Crippen LogP contribution is 2.40. The summed E-state index contributed by atoms with van der Waals surface area (Å²) < 4.78 is 1.11. The van der Waals surface area contributed by atoms with E-state index in [9.17, 15) is 0 Å². The molecule has 102 valence electrons. The van der Waals surface area contributed by atoms with E-state index in [4.69, 9.17) is 5.73 Å². The SMILES string of the molecule is CCC1(c2ccc(Br)cc2)CN=C(N)N1CC1CC1. The fourth-order valence-electron chi connectivity index (χ4n) is 2.94. The van der Waals surface area contributed by atoms with Crippen LogP contribution < -0.4 is 5.73 Å². The molecule has 0 amide bonds. The number of aliphatic imine (C=N–C) groups is 1. The topological polar surface area (TPSA) is 41.6 Å². The predicted molar refractivity (Wildman–Crippen MR) is 82.0 cm³/mol. The van der Waals surface area contributed by atoms with Crippen molar-refractivity contribution in [2.24, 2.45) is 16.6 Å². The summed E-state index contributed by atoms with van der Waals surface area (Å²) in [7, 11) is 0. The molecular weight excluding hydrogens is 302 g/mol. The minimum Gasteiger partial charge on any atom is -0.370 e. The van der Waals surface area contributed by atoms with Crippen molar-refractivity contribution in [3.8, 4) is 0 Å². The smallest absolute Gasteiger partial charge is 0.192 e. The molecule has 0 spiro atoms. The van der Waals surface area contributed by atoms with Crippen LogP contribution in [0.25, 0.3) is 0 Å². The molecule has 2 aliphatic rings. The molecule has 2 N–H and O–H groups in total. The van der Waals surface area contributed by atoms with Gasteiger partial charge in [0.15, 0.2) is 5.96 Å². The maximum atomic E-state index is 6.14. The van der Waals surface area contributed by atoms with Crippen LogP contribution in [0.15, 0.2) is 33.7 Å². The van der Waals surface area contributed by atoms with E-state index < -0.39 is 0 Å². The molecule has 1 aliphatic carbocycles. The second kappa shape index (κ2) is 4.82. The summed E-state index contributed by atoms with van der Waals surface area (Å²) >= 11 is 3.50. The number of hydrogen-bond acceptors (Lipinski definition) is 3. The minimum absolute atomic E-state index is 0.0344. The number of halogens is 1. The Kier molecular flexibility index (Phi) is 3.29. The molecule has 1 aromatic carbocycles. The molecule has 1 atom stereocenters. The first-order valence-corrected chi connectivity index (χ1v) is 7.78. The summed E-state index contributed by atoms with van der Waals surface area (Å²) in [6, 6.07) is 8.61. The first-order chi connectivity index (χ1) is 9.15. The lowest BCUT2D eigenvalue weighted by Crippen LogP contribution is -2.49. The maximum Gasteiger partial charge on any atom is 0.192 e. The zero-order valence-electron chi connectivity index (χ0n) is 11.3. The van der Waals surface area contributed by atoms with Crippen molar-refractivity contribution < 1.29 is 0 Å². The van der Waals surface area contributed by atoms with Gasteiger partial charge in [-0.15, -0.1) is 0 Å². The molecule has 0 aromatic heterocycles. The molecule has 19 heavy (non-hydrogen) atoms. The Labute approximate surface area is 123 Å². The van der Waals surface area contributed by atoms with Crippen LogP contribution in [0.2, 0.25) is 0 Å². The monoisotopic (exact) mass is 321 g/mol. The summed E-state index contributed by atoms with van der Waals surface area (Å²) in [5, 5.41) is 0. The van der Waals surface area contributed by atoms with Gasteiger partial charge in [-0.2, -0.15) is 0 Å². The van der Waals surface area contributed by atoms with Crippen LogP contribution in [0.4, 0.5) is 0 Å². The second-order valence-electron chi connectivity index (χ2n) is 5.62. The van der Waals surface area contributed by atoms with Crippen molar-refractivity contribution >= 4 is 21.9 Å². The zero-order valence-corrected chi connectivity index (χ0v) is 12.9. The molecule has 1 heterocycles. The maximum absolute atomic E-state index is 6.14. The molecular formula is C15H20BrN3. The summed E-state index contributed by atoms with van der Waals surface area (Å²) in [6.45, 7) is 4.07. The Bertz CT molecular complexity index is 493. The Morgan fingerprint density at radius 2 is 2.05 bits per heavy atom. The van der Waals surface area contributed by atoms with Gasteiger partial charge in [-0.1, -0.05) is 35.0 Å². The van der Waals surface area contributed by atoms with Gasteiger partial charge in [-0.3, -0.25) is 4.99 Å². The van der Waals surface area contributed by atoms with Gasteiger partial charge in [0, 0.05) is 11.0 Å². The Hall–Kier alpha value is -1.03. The molecule has 4 heteroatoms. The van der Waals surface area contributed by atoms with E-state index in [1.54, 1.807) is 0 Å². The number of nitrogens with two attached hydrogens (primary N) is 1. The van der Waals surface area contributed by atoms with Crippen molar-refractivity contribution in [1.29, 1.82) is 0 Å². The fraction of sp³-hybridized carbons (Fsp3) is 0.533. The standard InChI is InChI=1S/C15H20BrN3/c1-2-15(12-5-7-13(16)8-6-12)10-18-14(17)19(15)9-11-3-4-11/h5-8,11H,2-4,9-10H2,1H3,(H2,17,18). The minimum atomic E-state index is -0.0344. The molecule has 0 radical (unpaired) electrons. The molecule has 1 unspecified atom stereocenters. The lowest BCUT2D eigenvalue weighted by molar-refractivity contribution is 0.187. The van der Waals surface area contributed by atoms with Gasteiger partial charge < -0.3 is 10.6 Å². The van der Waals surface area contributed by atoms with Gasteiger partial charge >= 0.3 is 0 Å². The molecule has 0 saturated heterocycles. The first kappa shape index (κ1) is 13.0. The van der Waals surface area contributed by atoms with Gasteiger partial charge in [-0.25, -0.2) is 0 Å². The van der Waals surface area contributed by atoms with Gasteiger partial charge in [0.2, 0.25) is 0 Å². The quantitative estimate of drug-likeness (QED) is 0.925. The summed E-state index contributed by atoms with van der Waals surface area (Å²) in [6.07, 6.45) is 3.71. The Balaban J connectivity index is 1.94. The van der Waals surface area contributed by atoms with Gasteiger partial charge in [0.05, 0.1) is 12.1 Å².